The van der Waals surface area contributed by atoms with Crippen molar-refractivity contribution < 1.29 is 0 Å². The highest BCUT2D eigenvalue weighted by Gasteiger charge is 2.35. The first-order valence-electron chi connectivity index (χ1n) is 6.36. The first-order chi connectivity index (χ1) is 7.84. The molecule has 2 heterocycles. The van der Waals surface area contributed by atoms with Crippen LogP contribution in [0.1, 0.15) is 43.7 Å². The van der Waals surface area contributed by atoms with E-state index in [1.807, 2.05) is 0 Å². The Morgan fingerprint density at radius 1 is 1.00 bits per heavy atom. The van der Waals surface area contributed by atoms with Gasteiger partial charge in [-0.2, -0.15) is 0 Å². The average molecular weight is 280 g/mol. The predicted octanol–water partition coefficient (Wildman–Crippen LogP) is 4.14. The molecule has 0 radical (unpaired) electrons. The van der Waals surface area contributed by atoms with Crippen LogP contribution in [0.4, 0.5) is 0 Å². The lowest BCUT2D eigenvalue weighted by molar-refractivity contribution is 0.150. The SMILES string of the molecule is Brc1ccc(C2CCC3CCCCN32)cc1. The van der Waals surface area contributed by atoms with Gasteiger partial charge in [0.1, 0.15) is 0 Å². The second kappa shape index (κ2) is 4.50. The van der Waals surface area contributed by atoms with Crippen LogP contribution in [0.3, 0.4) is 0 Å². The summed E-state index contributed by atoms with van der Waals surface area (Å²) in [4.78, 5) is 2.74. The lowest BCUT2D eigenvalue weighted by Gasteiger charge is -2.34. The van der Waals surface area contributed by atoms with Crippen LogP contribution in [-0.4, -0.2) is 17.5 Å². The highest BCUT2D eigenvalue weighted by molar-refractivity contribution is 9.10. The lowest BCUT2D eigenvalue weighted by Crippen LogP contribution is -2.35. The van der Waals surface area contributed by atoms with E-state index in [0.717, 1.165) is 6.04 Å². The Labute approximate surface area is 106 Å². The van der Waals surface area contributed by atoms with Crippen LogP contribution in [0, 0.1) is 0 Å². The molecule has 0 aromatic heterocycles. The Balaban J connectivity index is 1.82. The van der Waals surface area contributed by atoms with Gasteiger partial charge in [-0.25, -0.2) is 0 Å². The van der Waals surface area contributed by atoms with Crippen molar-refractivity contribution in [2.24, 2.45) is 0 Å². The molecule has 1 aromatic carbocycles. The number of nitrogens with zero attached hydrogens (tertiary/aromatic N) is 1. The summed E-state index contributed by atoms with van der Waals surface area (Å²) in [6, 6.07) is 10.5. The molecule has 0 saturated carbocycles. The van der Waals surface area contributed by atoms with Gasteiger partial charge >= 0.3 is 0 Å². The highest BCUT2D eigenvalue weighted by atomic mass is 79.9. The predicted molar refractivity (Wildman–Crippen MR) is 70.5 cm³/mol. The monoisotopic (exact) mass is 279 g/mol. The summed E-state index contributed by atoms with van der Waals surface area (Å²) in [5.74, 6) is 0. The second-order valence-corrected chi connectivity index (χ2v) is 5.95. The van der Waals surface area contributed by atoms with Crippen molar-refractivity contribution in [1.82, 2.24) is 4.90 Å². The largest absolute Gasteiger partial charge is 0.293 e. The maximum absolute atomic E-state index is 3.51. The van der Waals surface area contributed by atoms with Gasteiger partial charge < -0.3 is 0 Å². The van der Waals surface area contributed by atoms with Crippen molar-refractivity contribution in [3.05, 3.63) is 34.3 Å². The third kappa shape index (κ3) is 1.93. The fraction of sp³-hybridized carbons (Fsp3) is 0.571. The molecule has 2 unspecified atom stereocenters. The summed E-state index contributed by atoms with van der Waals surface area (Å²) in [7, 11) is 0. The zero-order chi connectivity index (χ0) is 11.0. The van der Waals surface area contributed by atoms with Crippen molar-refractivity contribution in [1.29, 1.82) is 0 Å². The van der Waals surface area contributed by atoms with E-state index in [4.69, 9.17) is 0 Å². The number of piperidine rings is 1. The Morgan fingerprint density at radius 2 is 1.81 bits per heavy atom. The molecule has 0 N–H and O–H groups in total. The number of rotatable bonds is 1. The molecular formula is C14H18BrN. The molecular weight excluding hydrogens is 262 g/mol. The van der Waals surface area contributed by atoms with E-state index in [9.17, 15) is 0 Å². The zero-order valence-corrected chi connectivity index (χ0v) is 11.1. The van der Waals surface area contributed by atoms with Crippen molar-refractivity contribution in [3.8, 4) is 0 Å². The molecule has 2 saturated heterocycles. The third-order valence-electron chi connectivity index (χ3n) is 4.10. The van der Waals surface area contributed by atoms with Crippen LogP contribution in [0.5, 0.6) is 0 Å². The molecule has 0 amide bonds. The minimum Gasteiger partial charge on any atom is -0.293 e. The number of halogens is 1. The van der Waals surface area contributed by atoms with E-state index in [1.165, 1.54) is 48.7 Å². The van der Waals surface area contributed by atoms with Crippen LogP contribution in [0.25, 0.3) is 0 Å². The Hall–Kier alpha value is -0.340. The molecule has 0 spiro atoms. The Morgan fingerprint density at radius 3 is 2.62 bits per heavy atom. The summed E-state index contributed by atoms with van der Waals surface area (Å²) in [5, 5.41) is 0. The van der Waals surface area contributed by atoms with Gasteiger partial charge in [-0.05, 0) is 49.9 Å². The zero-order valence-electron chi connectivity index (χ0n) is 9.53. The lowest BCUT2D eigenvalue weighted by atomic mass is 10.0. The maximum Gasteiger partial charge on any atom is 0.0351 e. The molecule has 3 rings (SSSR count). The highest BCUT2D eigenvalue weighted by Crippen LogP contribution is 2.40. The average Bonchev–Trinajstić information content (AvgIpc) is 2.74. The van der Waals surface area contributed by atoms with Crippen LogP contribution in [-0.2, 0) is 0 Å². The van der Waals surface area contributed by atoms with E-state index in [2.05, 4.69) is 45.1 Å². The first kappa shape index (κ1) is 10.8. The molecule has 2 aliphatic heterocycles. The van der Waals surface area contributed by atoms with E-state index >= 15 is 0 Å². The molecule has 86 valence electrons. The van der Waals surface area contributed by atoms with Crippen molar-refractivity contribution in [2.45, 2.75) is 44.2 Å². The number of fused-ring (bicyclic) bond motifs is 1. The van der Waals surface area contributed by atoms with Crippen molar-refractivity contribution in [3.63, 3.8) is 0 Å². The van der Waals surface area contributed by atoms with Crippen LogP contribution < -0.4 is 0 Å². The second-order valence-electron chi connectivity index (χ2n) is 5.03. The van der Waals surface area contributed by atoms with Gasteiger partial charge in [0.15, 0.2) is 0 Å². The molecule has 1 nitrogen and oxygen atoms in total. The molecule has 0 bridgehead atoms. The summed E-state index contributed by atoms with van der Waals surface area (Å²) in [6.07, 6.45) is 7.01. The molecule has 1 aromatic rings. The number of benzene rings is 1. The summed E-state index contributed by atoms with van der Waals surface area (Å²) in [5.41, 5.74) is 1.51. The third-order valence-corrected chi connectivity index (χ3v) is 4.63. The number of hydrogen-bond acceptors (Lipinski definition) is 1. The maximum atomic E-state index is 3.51. The number of hydrogen-bond donors (Lipinski definition) is 0. The molecule has 0 aliphatic carbocycles. The smallest absolute Gasteiger partial charge is 0.0351 e. The standard InChI is InChI=1S/C14H18BrN/c15-12-6-4-11(5-7-12)14-9-8-13-3-1-2-10-16(13)14/h4-7,13-14H,1-3,8-10H2. The molecule has 2 fully saturated rings. The van der Waals surface area contributed by atoms with Crippen LogP contribution in [0.2, 0.25) is 0 Å². The van der Waals surface area contributed by atoms with E-state index in [0.29, 0.717) is 6.04 Å². The Bertz CT molecular complexity index is 360. The molecule has 16 heavy (non-hydrogen) atoms. The molecule has 2 atom stereocenters. The Kier molecular flexibility index (Phi) is 3.03. The van der Waals surface area contributed by atoms with E-state index in [1.54, 1.807) is 0 Å². The van der Waals surface area contributed by atoms with Gasteiger partial charge in [-0.3, -0.25) is 4.90 Å². The van der Waals surface area contributed by atoms with Gasteiger partial charge in [0.05, 0.1) is 0 Å². The van der Waals surface area contributed by atoms with Crippen LogP contribution >= 0.6 is 15.9 Å². The summed E-state index contributed by atoms with van der Waals surface area (Å²) in [6.45, 7) is 1.31. The minimum atomic E-state index is 0.693. The first-order valence-corrected chi connectivity index (χ1v) is 7.15. The fourth-order valence-electron chi connectivity index (χ4n) is 3.30. The normalized spacial score (nSPS) is 30.3. The molecule has 2 aliphatic rings. The van der Waals surface area contributed by atoms with Crippen molar-refractivity contribution >= 4 is 15.9 Å². The van der Waals surface area contributed by atoms with E-state index < -0.39 is 0 Å². The van der Waals surface area contributed by atoms with Gasteiger partial charge in [-0.1, -0.05) is 34.5 Å². The topological polar surface area (TPSA) is 3.24 Å². The van der Waals surface area contributed by atoms with Gasteiger partial charge in [0.25, 0.3) is 0 Å². The van der Waals surface area contributed by atoms with Gasteiger partial charge in [0.2, 0.25) is 0 Å². The summed E-state index contributed by atoms with van der Waals surface area (Å²) < 4.78 is 1.18. The van der Waals surface area contributed by atoms with Crippen molar-refractivity contribution in [2.75, 3.05) is 6.54 Å². The van der Waals surface area contributed by atoms with E-state index in [-0.39, 0.29) is 0 Å². The summed E-state index contributed by atoms with van der Waals surface area (Å²) >= 11 is 3.51. The van der Waals surface area contributed by atoms with Gasteiger partial charge in [-0.15, -0.1) is 0 Å². The quantitative estimate of drug-likeness (QED) is 0.747. The molecule has 2 heteroatoms. The fourth-order valence-corrected chi connectivity index (χ4v) is 3.57. The van der Waals surface area contributed by atoms with Gasteiger partial charge in [0, 0.05) is 16.6 Å². The minimum absolute atomic E-state index is 0.693. The van der Waals surface area contributed by atoms with Crippen LogP contribution in [0.15, 0.2) is 28.7 Å².